The van der Waals surface area contributed by atoms with Crippen molar-refractivity contribution in [1.29, 1.82) is 0 Å². The molecule has 8 nitrogen and oxygen atoms in total. The highest BCUT2D eigenvalue weighted by molar-refractivity contribution is 5.93. The van der Waals surface area contributed by atoms with Crippen LogP contribution in [-0.4, -0.2) is 56.1 Å². The van der Waals surface area contributed by atoms with Crippen molar-refractivity contribution in [3.8, 4) is 11.5 Å². The Morgan fingerprint density at radius 2 is 2.11 bits per heavy atom. The van der Waals surface area contributed by atoms with Gasteiger partial charge in [0.2, 0.25) is 0 Å². The van der Waals surface area contributed by atoms with E-state index in [0.717, 1.165) is 18.8 Å². The van der Waals surface area contributed by atoms with Crippen LogP contribution in [0, 0.1) is 0 Å². The van der Waals surface area contributed by atoms with Crippen LogP contribution >= 0.6 is 0 Å². The van der Waals surface area contributed by atoms with E-state index in [2.05, 4.69) is 25.5 Å². The van der Waals surface area contributed by atoms with Crippen LogP contribution in [0.15, 0.2) is 29.2 Å². The molecule has 2 aliphatic heterocycles. The second-order valence-corrected chi connectivity index (χ2v) is 7.01. The van der Waals surface area contributed by atoms with Crippen molar-refractivity contribution in [2.45, 2.75) is 31.8 Å². The van der Waals surface area contributed by atoms with Gasteiger partial charge in [0.05, 0.1) is 25.6 Å². The van der Waals surface area contributed by atoms with Crippen molar-refractivity contribution in [3.05, 3.63) is 29.9 Å². The molecule has 0 aliphatic carbocycles. The highest BCUT2D eigenvalue weighted by Crippen LogP contribution is 2.32. The minimum Gasteiger partial charge on any atom is -0.491 e. The molecule has 1 aromatic heterocycles. The molecule has 4 N–H and O–H groups in total. The summed E-state index contributed by atoms with van der Waals surface area (Å²) in [4.78, 5) is 11.5. The summed E-state index contributed by atoms with van der Waals surface area (Å²) < 4.78 is 11.4. The molecule has 1 aromatic rings. The number of aromatic nitrogens is 1. The lowest BCUT2D eigenvalue weighted by atomic mass is 10.1. The normalized spacial score (nSPS) is 22.6. The minimum atomic E-state index is -0.781. The Morgan fingerprint density at radius 1 is 1.33 bits per heavy atom. The minimum absolute atomic E-state index is 0.436. The number of rotatable bonds is 8. The molecule has 0 aromatic carbocycles. The monoisotopic (exact) mass is 374 g/mol. The van der Waals surface area contributed by atoms with Gasteiger partial charge in [-0.05, 0) is 39.3 Å². The van der Waals surface area contributed by atoms with Gasteiger partial charge in [-0.25, -0.2) is 4.99 Å². The van der Waals surface area contributed by atoms with Crippen LogP contribution in [-0.2, 0) is 5.66 Å². The van der Waals surface area contributed by atoms with Crippen LogP contribution in [0.1, 0.15) is 31.9 Å². The fourth-order valence-electron chi connectivity index (χ4n) is 3.45. The molecule has 3 rings (SSSR count). The van der Waals surface area contributed by atoms with E-state index >= 15 is 0 Å². The number of nitrogens with two attached hydrogens (primary N) is 1. The molecule has 0 spiro atoms. The second kappa shape index (κ2) is 8.47. The van der Waals surface area contributed by atoms with Crippen LogP contribution in [0.3, 0.4) is 0 Å². The van der Waals surface area contributed by atoms with Crippen LogP contribution in [0.4, 0.5) is 0 Å². The molecule has 148 valence electrons. The zero-order valence-electron chi connectivity index (χ0n) is 16.4. The van der Waals surface area contributed by atoms with Gasteiger partial charge in [-0.15, -0.1) is 0 Å². The summed E-state index contributed by atoms with van der Waals surface area (Å²) in [6, 6.07) is 1.87. The number of methoxy groups -OCH3 is 1. The van der Waals surface area contributed by atoms with Gasteiger partial charge in [-0.2, -0.15) is 0 Å². The number of pyridine rings is 1. The van der Waals surface area contributed by atoms with E-state index in [1.807, 2.05) is 20.0 Å². The van der Waals surface area contributed by atoms with Crippen LogP contribution in [0.2, 0.25) is 0 Å². The molecule has 1 unspecified atom stereocenters. The van der Waals surface area contributed by atoms with Gasteiger partial charge in [0.1, 0.15) is 11.7 Å². The second-order valence-electron chi connectivity index (χ2n) is 7.01. The van der Waals surface area contributed by atoms with Crippen molar-refractivity contribution in [2.75, 3.05) is 40.4 Å². The van der Waals surface area contributed by atoms with E-state index in [1.165, 1.54) is 25.9 Å². The first-order chi connectivity index (χ1) is 13.0. The molecule has 1 saturated heterocycles. The van der Waals surface area contributed by atoms with Crippen molar-refractivity contribution in [1.82, 2.24) is 20.5 Å². The summed E-state index contributed by atoms with van der Waals surface area (Å²) in [5.74, 6) is 2.50. The summed E-state index contributed by atoms with van der Waals surface area (Å²) in [6.45, 7) is 6.03. The average molecular weight is 374 g/mol. The van der Waals surface area contributed by atoms with Gasteiger partial charge in [0.15, 0.2) is 17.2 Å². The Labute approximate surface area is 160 Å². The summed E-state index contributed by atoms with van der Waals surface area (Å²) in [7, 11) is 3.44. The maximum absolute atomic E-state index is 6.01. The van der Waals surface area contributed by atoms with Crippen LogP contribution in [0.25, 0.3) is 0 Å². The molecular formula is C19H30N6O2. The Morgan fingerprint density at radius 3 is 2.81 bits per heavy atom. The molecule has 0 radical (unpaired) electrons. The molecule has 27 heavy (non-hydrogen) atoms. The number of hydrogen-bond donors (Lipinski definition) is 3. The lowest BCUT2D eigenvalue weighted by Crippen LogP contribution is -2.45. The predicted octanol–water partition coefficient (Wildman–Crippen LogP) is 1.15. The van der Waals surface area contributed by atoms with E-state index in [9.17, 15) is 0 Å². The number of amidine groups is 1. The Bertz CT molecular complexity index is 714. The molecule has 1 atom stereocenters. The topological polar surface area (TPSA) is 97.0 Å². The third kappa shape index (κ3) is 4.63. The van der Waals surface area contributed by atoms with Crippen molar-refractivity contribution in [3.63, 3.8) is 0 Å². The number of nitrogens with one attached hydrogen (secondary N) is 2. The zero-order valence-corrected chi connectivity index (χ0v) is 16.4. The molecule has 2 aliphatic rings. The van der Waals surface area contributed by atoms with Gasteiger partial charge in [0, 0.05) is 25.7 Å². The predicted molar refractivity (Wildman–Crippen MR) is 106 cm³/mol. The number of nitrogens with zero attached hydrogens (tertiary/aromatic N) is 3. The molecule has 0 amide bonds. The maximum Gasteiger partial charge on any atom is 0.179 e. The van der Waals surface area contributed by atoms with Gasteiger partial charge >= 0.3 is 0 Å². The first-order valence-electron chi connectivity index (χ1n) is 9.46. The summed E-state index contributed by atoms with van der Waals surface area (Å²) in [6.07, 6.45) is 7.01. The molecule has 0 saturated carbocycles. The van der Waals surface area contributed by atoms with E-state index in [0.29, 0.717) is 29.6 Å². The fraction of sp³-hybridized carbons (Fsp3) is 0.579. The maximum atomic E-state index is 6.01. The highest BCUT2D eigenvalue weighted by Gasteiger charge is 2.32. The van der Waals surface area contributed by atoms with Gasteiger partial charge < -0.3 is 30.7 Å². The summed E-state index contributed by atoms with van der Waals surface area (Å²) >= 11 is 0. The number of aliphatic imine (C=N–C) groups is 1. The van der Waals surface area contributed by atoms with Crippen molar-refractivity contribution in [2.24, 2.45) is 10.7 Å². The zero-order chi connectivity index (χ0) is 19.3. The smallest absolute Gasteiger partial charge is 0.179 e. The molecule has 1 fully saturated rings. The van der Waals surface area contributed by atoms with E-state index in [-0.39, 0.29) is 0 Å². The van der Waals surface area contributed by atoms with Crippen LogP contribution < -0.4 is 25.8 Å². The van der Waals surface area contributed by atoms with E-state index in [4.69, 9.17) is 15.2 Å². The molecular weight excluding hydrogens is 344 g/mol. The van der Waals surface area contributed by atoms with E-state index in [1.54, 1.807) is 19.4 Å². The summed E-state index contributed by atoms with van der Waals surface area (Å²) in [5.41, 5.74) is 5.90. The lowest BCUT2D eigenvalue weighted by molar-refractivity contribution is 0.252. The molecule has 3 heterocycles. The number of likely N-dealkylation sites (tertiary alicyclic amines) is 1. The fourth-order valence-corrected chi connectivity index (χ4v) is 3.45. The largest absolute Gasteiger partial charge is 0.491 e. The average Bonchev–Trinajstić information content (AvgIpc) is 3.17. The Kier molecular flexibility index (Phi) is 6.05. The third-order valence-electron chi connectivity index (χ3n) is 4.92. The van der Waals surface area contributed by atoms with Crippen molar-refractivity contribution < 1.29 is 9.47 Å². The lowest BCUT2D eigenvalue weighted by Gasteiger charge is -2.32. The van der Waals surface area contributed by atoms with Crippen molar-refractivity contribution >= 4 is 5.84 Å². The van der Waals surface area contributed by atoms with E-state index < -0.39 is 5.66 Å². The summed E-state index contributed by atoms with van der Waals surface area (Å²) in [5, 5.41) is 6.38. The van der Waals surface area contributed by atoms with Gasteiger partial charge in [-0.1, -0.05) is 0 Å². The first kappa shape index (κ1) is 19.3. The third-order valence-corrected chi connectivity index (χ3v) is 4.92. The van der Waals surface area contributed by atoms with Gasteiger partial charge in [-0.3, -0.25) is 4.98 Å². The van der Waals surface area contributed by atoms with Gasteiger partial charge in [0.25, 0.3) is 0 Å². The van der Waals surface area contributed by atoms with Crippen LogP contribution in [0.5, 0.6) is 11.5 Å². The molecule has 0 bridgehead atoms. The SMILES string of the molecule is CNC1=CC(N)=NC(C)(c2cc(OCCCN3CCCC3)c(OC)cn2)N1. The Hall–Kier alpha value is -2.48. The number of ether oxygens (including phenoxy) is 2. The Balaban J connectivity index is 1.70. The molecule has 8 heteroatoms. The first-order valence-corrected chi connectivity index (χ1v) is 9.46. The number of hydrogen-bond acceptors (Lipinski definition) is 8. The quantitative estimate of drug-likeness (QED) is 0.587. The standard InChI is InChI=1S/C19H30N6O2/c1-19(23-17(20)12-18(21-2)24-19)16-11-14(15(26-3)13-22-16)27-10-6-9-25-7-4-5-8-25/h11-13,21,24H,4-10H2,1-3H3,(H2,20,23). The highest BCUT2D eigenvalue weighted by atomic mass is 16.5.